The molecule has 26 valence electrons. The zero-order chi connectivity index (χ0) is 2.83. The maximum absolute atomic E-state index is 1.61. The Kier molecular flexibility index (Phi) is 0.914. The maximum atomic E-state index is 1.61. The Hall–Kier alpha value is 0.730. The molecule has 4 heavy (non-hydrogen) atoms. The molecule has 0 radical (unpaired) electrons. The first-order valence-corrected chi connectivity index (χ1v) is 4.59. The molecule has 0 aliphatic carbocycles. The molecule has 1 rings (SSSR count). The van der Waals surface area contributed by atoms with Crippen molar-refractivity contribution in [2.24, 2.45) is 0 Å². The first-order chi connectivity index (χ1) is 2.00. The van der Waals surface area contributed by atoms with E-state index in [1.54, 1.807) is 15.3 Å². The van der Waals surface area contributed by atoms with E-state index in [2.05, 4.69) is 0 Å². The van der Waals surface area contributed by atoms with E-state index in [0.717, 1.165) is 21.2 Å². The molecule has 0 aromatic carbocycles. The molecule has 0 nitrogen and oxygen atoms in total. The van der Waals surface area contributed by atoms with E-state index in [0.29, 0.717) is 0 Å². The quantitative estimate of drug-likeness (QED) is 0.277. The van der Waals surface area contributed by atoms with Gasteiger partial charge in [-0.05, 0) is 0 Å². The first kappa shape index (κ1) is 2.94. The van der Waals surface area contributed by atoms with Crippen LogP contribution in [-0.2, 0) is 0 Å². The summed E-state index contributed by atoms with van der Waals surface area (Å²) in [6.07, 6.45) is 1.55. The van der Waals surface area contributed by atoms with Crippen molar-refractivity contribution in [2.75, 3.05) is 8.86 Å². The second kappa shape index (κ2) is 1.24. The molecule has 1 saturated heterocycles. The van der Waals surface area contributed by atoms with Crippen LogP contribution in [0.5, 0.6) is 0 Å². The van der Waals surface area contributed by atoms with E-state index >= 15 is 0 Å². The summed E-state index contributed by atoms with van der Waals surface area (Å²) in [7, 11) is 0. The number of halogens is 1. The van der Waals surface area contributed by atoms with Crippen molar-refractivity contribution in [3.63, 3.8) is 0 Å². The fourth-order valence-corrected chi connectivity index (χ4v) is 0.896. The molecule has 0 atom stereocenters. The van der Waals surface area contributed by atoms with Crippen LogP contribution in [0.3, 0.4) is 0 Å². The van der Waals surface area contributed by atoms with E-state index in [-0.39, 0.29) is 0 Å². The molecule has 0 saturated carbocycles. The Bertz CT molecular complexity index is 11.2. The molecule has 1 heterocycles. The van der Waals surface area contributed by atoms with Gasteiger partial charge in [-0.25, -0.2) is 0 Å². The van der Waals surface area contributed by atoms with Crippen molar-refractivity contribution in [1.82, 2.24) is 0 Å². The molecule has 1 heteroatoms. The second-order valence-electron chi connectivity index (χ2n) is 0.921. The summed E-state index contributed by atoms with van der Waals surface area (Å²) in [5.74, 6) is 0. The van der Waals surface area contributed by atoms with Crippen LogP contribution < -0.4 is 21.2 Å². The minimum absolute atomic E-state index is 0.791. The van der Waals surface area contributed by atoms with Gasteiger partial charge in [0.25, 0.3) is 0 Å². The van der Waals surface area contributed by atoms with Gasteiger partial charge in [0.05, 0.1) is 0 Å². The number of hydrogen-bond acceptors (Lipinski definition) is 0. The van der Waals surface area contributed by atoms with Crippen LogP contribution in [0.4, 0.5) is 0 Å². The summed E-state index contributed by atoms with van der Waals surface area (Å²) in [4.78, 5) is 0. The van der Waals surface area contributed by atoms with Crippen LogP contribution in [0, 0.1) is 0 Å². The van der Waals surface area contributed by atoms with Crippen molar-refractivity contribution in [2.45, 2.75) is 6.42 Å². The van der Waals surface area contributed by atoms with E-state index in [9.17, 15) is 0 Å². The molecule has 0 amide bonds. The predicted octanol–water partition coefficient (Wildman–Crippen LogP) is -2.52. The Morgan fingerprint density at radius 1 is 1.25 bits per heavy atom. The SMILES string of the molecule is C1C[I-]C1. The van der Waals surface area contributed by atoms with Gasteiger partial charge >= 0.3 is 36.5 Å². The van der Waals surface area contributed by atoms with E-state index in [4.69, 9.17) is 0 Å². The van der Waals surface area contributed by atoms with Gasteiger partial charge in [0.1, 0.15) is 0 Å². The van der Waals surface area contributed by atoms with Crippen molar-refractivity contribution in [1.29, 1.82) is 0 Å². The summed E-state index contributed by atoms with van der Waals surface area (Å²) >= 11 is 0.791. The van der Waals surface area contributed by atoms with Gasteiger partial charge in [0.2, 0.25) is 0 Å². The topological polar surface area (TPSA) is 0 Å². The second-order valence-corrected chi connectivity index (χ2v) is 4.16. The molecular formula is C3H6I-. The van der Waals surface area contributed by atoms with Crippen molar-refractivity contribution in [3.8, 4) is 0 Å². The van der Waals surface area contributed by atoms with Crippen LogP contribution in [0.2, 0.25) is 0 Å². The van der Waals surface area contributed by atoms with Gasteiger partial charge in [0.15, 0.2) is 0 Å². The predicted molar refractivity (Wildman–Crippen MR) is 14.4 cm³/mol. The zero-order valence-corrected chi connectivity index (χ0v) is 4.66. The monoisotopic (exact) mass is 169 g/mol. The average molecular weight is 169 g/mol. The molecular weight excluding hydrogens is 163 g/mol. The third-order valence-corrected chi connectivity index (χ3v) is 3.59. The van der Waals surface area contributed by atoms with Gasteiger partial charge in [-0.3, -0.25) is 0 Å². The Morgan fingerprint density at radius 3 is 1.50 bits per heavy atom. The molecule has 0 unspecified atom stereocenters. The fourth-order valence-electron chi connectivity index (χ4n) is 0.134. The van der Waals surface area contributed by atoms with Crippen LogP contribution in [0.15, 0.2) is 0 Å². The third kappa shape index (κ3) is 0.365. The Morgan fingerprint density at radius 2 is 1.50 bits per heavy atom. The number of rotatable bonds is 0. The van der Waals surface area contributed by atoms with Crippen LogP contribution >= 0.6 is 0 Å². The normalized spacial score (nSPS) is 26.0. The van der Waals surface area contributed by atoms with Gasteiger partial charge in [-0.2, -0.15) is 0 Å². The Balaban J connectivity index is 2.00. The van der Waals surface area contributed by atoms with Crippen LogP contribution in [-0.4, -0.2) is 8.86 Å². The molecule has 1 aliphatic rings. The molecule has 1 fully saturated rings. The Labute approximate surface area is 36.8 Å². The number of hydrogen-bond donors (Lipinski definition) is 0. The summed E-state index contributed by atoms with van der Waals surface area (Å²) in [5, 5.41) is 0. The van der Waals surface area contributed by atoms with Gasteiger partial charge in [-0.15, -0.1) is 0 Å². The summed E-state index contributed by atoms with van der Waals surface area (Å²) in [5.41, 5.74) is 0. The molecule has 0 spiro atoms. The molecule has 0 aromatic heterocycles. The zero-order valence-electron chi connectivity index (χ0n) is 2.50. The van der Waals surface area contributed by atoms with Gasteiger partial charge < -0.3 is 0 Å². The van der Waals surface area contributed by atoms with E-state index in [1.807, 2.05) is 0 Å². The van der Waals surface area contributed by atoms with Crippen LogP contribution in [0.25, 0.3) is 0 Å². The number of alkyl halides is 2. The molecule has 0 aromatic rings. The van der Waals surface area contributed by atoms with Crippen LogP contribution in [0.1, 0.15) is 6.42 Å². The summed E-state index contributed by atoms with van der Waals surface area (Å²) in [6.45, 7) is 0. The average Bonchev–Trinajstić information content (AvgIpc) is 0.722. The van der Waals surface area contributed by atoms with Crippen molar-refractivity contribution in [3.05, 3.63) is 0 Å². The molecule has 1 aliphatic heterocycles. The van der Waals surface area contributed by atoms with Crippen molar-refractivity contribution >= 4 is 0 Å². The van der Waals surface area contributed by atoms with E-state index < -0.39 is 0 Å². The standard InChI is InChI=1S/C3H6I/c1-2-4-3-1/h1-3H2/q-1. The molecule has 0 bridgehead atoms. The summed E-state index contributed by atoms with van der Waals surface area (Å²) < 4.78 is 3.22. The van der Waals surface area contributed by atoms with E-state index in [1.165, 1.54) is 0 Å². The molecule has 0 N–H and O–H groups in total. The van der Waals surface area contributed by atoms with Gasteiger partial charge in [-0.1, -0.05) is 0 Å². The fraction of sp³-hybridized carbons (Fsp3) is 1.00. The van der Waals surface area contributed by atoms with Gasteiger partial charge in [0, 0.05) is 0 Å². The minimum atomic E-state index is 0.791. The third-order valence-electron chi connectivity index (χ3n) is 0.535. The first-order valence-electron chi connectivity index (χ1n) is 1.53. The van der Waals surface area contributed by atoms with Crippen molar-refractivity contribution < 1.29 is 21.2 Å². The summed E-state index contributed by atoms with van der Waals surface area (Å²) in [6, 6.07) is 0.